The normalized spacial score (nSPS) is 10.8. The van der Waals surface area contributed by atoms with Crippen LogP contribution in [0.5, 0.6) is 5.75 Å². The maximum atomic E-state index is 5.81. The molecule has 0 atom stereocenters. The number of nitrogens with zero attached hydrogens (tertiary/aromatic N) is 3. The van der Waals surface area contributed by atoms with E-state index in [0.29, 0.717) is 6.61 Å². The number of benzene rings is 2. The van der Waals surface area contributed by atoms with Crippen LogP contribution in [0.15, 0.2) is 53.7 Å². The minimum absolute atomic E-state index is 0.633. The van der Waals surface area contributed by atoms with Crippen molar-refractivity contribution in [2.24, 2.45) is 0 Å². The largest absolute Gasteiger partial charge is 0.493 e. The third-order valence-corrected chi connectivity index (χ3v) is 4.62. The third kappa shape index (κ3) is 3.79. The van der Waals surface area contributed by atoms with Crippen molar-refractivity contribution in [1.82, 2.24) is 14.8 Å². The van der Waals surface area contributed by atoms with E-state index >= 15 is 0 Å². The number of aryl methyl sites for hydroxylation is 3. The minimum atomic E-state index is 0.633. The lowest BCUT2D eigenvalue weighted by Crippen LogP contribution is -2.04. The van der Waals surface area contributed by atoms with Gasteiger partial charge in [-0.15, -0.1) is 10.2 Å². The predicted octanol–water partition coefficient (Wildman–Crippen LogP) is 4.36. The summed E-state index contributed by atoms with van der Waals surface area (Å²) in [4.78, 5) is 0. The molecular weight excluding hydrogens is 318 g/mol. The van der Waals surface area contributed by atoms with Crippen LogP contribution in [-0.4, -0.2) is 27.1 Å². The van der Waals surface area contributed by atoms with Crippen molar-refractivity contribution in [2.75, 3.05) is 12.4 Å². The van der Waals surface area contributed by atoms with E-state index in [4.69, 9.17) is 4.74 Å². The van der Waals surface area contributed by atoms with Gasteiger partial charge in [-0.25, -0.2) is 0 Å². The first-order chi connectivity index (χ1) is 11.6. The fraction of sp³-hybridized carbons (Fsp3) is 0.263. The molecule has 1 heterocycles. The van der Waals surface area contributed by atoms with Crippen molar-refractivity contribution >= 4 is 11.8 Å². The highest BCUT2D eigenvalue weighted by Crippen LogP contribution is 2.24. The standard InChI is InChI=1S/C19H21N3OS/c1-14-7-6-9-17(13-14)23-11-12-24-19-21-20-16(3)22(19)18-10-5-4-8-15(18)2/h4-10,13H,11-12H2,1-3H3. The first kappa shape index (κ1) is 16.6. The molecule has 0 amide bonds. The molecule has 0 fully saturated rings. The molecule has 4 nitrogen and oxygen atoms in total. The zero-order valence-electron chi connectivity index (χ0n) is 14.2. The summed E-state index contributed by atoms with van der Waals surface area (Å²) < 4.78 is 7.91. The molecule has 1 aromatic heterocycles. The molecule has 0 radical (unpaired) electrons. The van der Waals surface area contributed by atoms with Crippen molar-refractivity contribution in [1.29, 1.82) is 0 Å². The highest BCUT2D eigenvalue weighted by molar-refractivity contribution is 7.99. The number of hydrogen-bond acceptors (Lipinski definition) is 4. The highest BCUT2D eigenvalue weighted by Gasteiger charge is 2.12. The molecule has 0 aliphatic carbocycles. The Morgan fingerprint density at radius 2 is 1.83 bits per heavy atom. The molecule has 3 rings (SSSR count). The van der Waals surface area contributed by atoms with Crippen LogP contribution in [0.2, 0.25) is 0 Å². The minimum Gasteiger partial charge on any atom is -0.493 e. The third-order valence-electron chi connectivity index (χ3n) is 3.72. The van der Waals surface area contributed by atoms with Crippen molar-refractivity contribution in [2.45, 2.75) is 25.9 Å². The number of para-hydroxylation sites is 1. The Morgan fingerprint density at radius 3 is 2.62 bits per heavy atom. The lowest BCUT2D eigenvalue weighted by molar-refractivity contribution is 0.343. The van der Waals surface area contributed by atoms with Gasteiger partial charge in [-0.1, -0.05) is 42.1 Å². The molecular formula is C19H21N3OS. The van der Waals surface area contributed by atoms with Crippen molar-refractivity contribution < 1.29 is 4.74 Å². The van der Waals surface area contributed by atoms with Gasteiger partial charge in [0.1, 0.15) is 11.6 Å². The monoisotopic (exact) mass is 339 g/mol. The van der Waals surface area contributed by atoms with Gasteiger partial charge in [0.25, 0.3) is 0 Å². The lowest BCUT2D eigenvalue weighted by atomic mass is 10.2. The van der Waals surface area contributed by atoms with Gasteiger partial charge in [0.2, 0.25) is 0 Å². The summed E-state index contributed by atoms with van der Waals surface area (Å²) in [5.41, 5.74) is 3.54. The Balaban J connectivity index is 1.65. The molecule has 0 aliphatic rings. The van der Waals surface area contributed by atoms with Crippen LogP contribution < -0.4 is 4.74 Å². The van der Waals surface area contributed by atoms with Crippen molar-refractivity contribution in [3.8, 4) is 11.4 Å². The lowest BCUT2D eigenvalue weighted by Gasteiger charge is -2.11. The Bertz CT molecular complexity index is 829. The van der Waals surface area contributed by atoms with Gasteiger partial charge in [0.15, 0.2) is 5.16 Å². The average molecular weight is 339 g/mol. The van der Waals surface area contributed by atoms with E-state index in [-0.39, 0.29) is 0 Å². The van der Waals surface area contributed by atoms with Gasteiger partial charge >= 0.3 is 0 Å². The summed E-state index contributed by atoms with van der Waals surface area (Å²) in [6.45, 7) is 6.78. The summed E-state index contributed by atoms with van der Waals surface area (Å²) >= 11 is 1.66. The Labute approximate surface area is 146 Å². The number of ether oxygens (including phenoxy) is 1. The predicted molar refractivity (Wildman–Crippen MR) is 98.2 cm³/mol. The highest BCUT2D eigenvalue weighted by atomic mass is 32.2. The zero-order chi connectivity index (χ0) is 16.9. The van der Waals surface area contributed by atoms with Gasteiger partial charge in [0.05, 0.1) is 12.3 Å². The molecule has 0 saturated carbocycles. The van der Waals surface area contributed by atoms with E-state index in [9.17, 15) is 0 Å². The second-order valence-electron chi connectivity index (χ2n) is 5.67. The average Bonchev–Trinajstić information content (AvgIpc) is 2.93. The molecule has 0 spiro atoms. The molecule has 0 aliphatic heterocycles. The number of thioether (sulfide) groups is 1. The second kappa shape index (κ2) is 7.53. The maximum absolute atomic E-state index is 5.81. The SMILES string of the molecule is Cc1cccc(OCCSc2nnc(C)n2-c2ccccc2C)c1. The molecule has 2 aromatic carbocycles. The molecule has 124 valence electrons. The van der Waals surface area contributed by atoms with Crippen molar-refractivity contribution in [3.63, 3.8) is 0 Å². The smallest absolute Gasteiger partial charge is 0.195 e. The van der Waals surface area contributed by atoms with Gasteiger partial charge < -0.3 is 4.74 Å². The van der Waals surface area contributed by atoms with Crippen LogP contribution in [0.3, 0.4) is 0 Å². The van der Waals surface area contributed by atoms with E-state index in [1.165, 1.54) is 11.1 Å². The molecule has 0 unspecified atom stereocenters. The van der Waals surface area contributed by atoms with Crippen LogP contribution in [0.1, 0.15) is 17.0 Å². The Morgan fingerprint density at radius 1 is 1.00 bits per heavy atom. The van der Waals surface area contributed by atoms with Crippen LogP contribution in [0.25, 0.3) is 5.69 Å². The van der Waals surface area contributed by atoms with Crippen LogP contribution in [-0.2, 0) is 0 Å². The Kier molecular flexibility index (Phi) is 5.20. The van der Waals surface area contributed by atoms with E-state index in [0.717, 1.165) is 28.2 Å². The summed E-state index contributed by atoms with van der Waals surface area (Å²) in [5, 5.41) is 9.44. The summed E-state index contributed by atoms with van der Waals surface area (Å²) in [5.74, 6) is 2.62. The maximum Gasteiger partial charge on any atom is 0.195 e. The van der Waals surface area contributed by atoms with E-state index < -0.39 is 0 Å². The zero-order valence-corrected chi connectivity index (χ0v) is 15.0. The Hall–Kier alpha value is -2.27. The van der Waals surface area contributed by atoms with Crippen molar-refractivity contribution in [3.05, 3.63) is 65.5 Å². The van der Waals surface area contributed by atoms with Crippen LogP contribution >= 0.6 is 11.8 Å². The van der Waals surface area contributed by atoms with Gasteiger partial charge in [-0.3, -0.25) is 4.57 Å². The van der Waals surface area contributed by atoms with Gasteiger partial charge in [0, 0.05) is 5.75 Å². The molecule has 3 aromatic rings. The number of hydrogen-bond donors (Lipinski definition) is 0. The molecule has 0 N–H and O–H groups in total. The van der Waals surface area contributed by atoms with E-state index in [1.807, 2.05) is 37.3 Å². The fourth-order valence-electron chi connectivity index (χ4n) is 2.53. The van der Waals surface area contributed by atoms with Crippen LogP contribution in [0, 0.1) is 20.8 Å². The van der Waals surface area contributed by atoms with Crippen LogP contribution in [0.4, 0.5) is 0 Å². The molecule has 5 heteroatoms. The summed E-state index contributed by atoms with van der Waals surface area (Å²) in [6, 6.07) is 16.4. The molecule has 24 heavy (non-hydrogen) atoms. The molecule has 0 bridgehead atoms. The topological polar surface area (TPSA) is 39.9 Å². The quantitative estimate of drug-likeness (QED) is 0.494. The molecule has 0 saturated heterocycles. The summed E-state index contributed by atoms with van der Waals surface area (Å²) in [7, 11) is 0. The number of aromatic nitrogens is 3. The van der Waals surface area contributed by atoms with E-state index in [2.05, 4.69) is 46.8 Å². The first-order valence-electron chi connectivity index (χ1n) is 7.95. The number of rotatable bonds is 6. The van der Waals surface area contributed by atoms with Gasteiger partial charge in [-0.05, 0) is 50.1 Å². The van der Waals surface area contributed by atoms with E-state index in [1.54, 1.807) is 11.8 Å². The second-order valence-corrected chi connectivity index (χ2v) is 6.73. The van der Waals surface area contributed by atoms with Gasteiger partial charge in [-0.2, -0.15) is 0 Å². The first-order valence-corrected chi connectivity index (χ1v) is 8.94. The fourth-order valence-corrected chi connectivity index (χ4v) is 3.33. The summed E-state index contributed by atoms with van der Waals surface area (Å²) in [6.07, 6.45) is 0.